The molecule has 0 saturated heterocycles. The fraction of sp³-hybridized carbons (Fsp3) is 0.269. The number of ether oxygens (including phenoxy) is 4. The Labute approximate surface area is 193 Å². The summed E-state index contributed by atoms with van der Waals surface area (Å²) in [6.45, 7) is 0.328. The topological polar surface area (TPSA) is 77.5 Å². The van der Waals surface area contributed by atoms with Gasteiger partial charge in [-0.3, -0.25) is 4.79 Å². The lowest BCUT2D eigenvalue weighted by Gasteiger charge is -2.31. The van der Waals surface area contributed by atoms with Crippen LogP contribution in [0.3, 0.4) is 0 Å². The lowest BCUT2D eigenvalue weighted by molar-refractivity contribution is 0.0390. The van der Waals surface area contributed by atoms with Crippen molar-refractivity contribution in [3.05, 3.63) is 82.9 Å². The molecule has 4 rings (SSSR count). The second kappa shape index (κ2) is 9.42. The van der Waals surface area contributed by atoms with Crippen molar-refractivity contribution in [2.24, 2.45) is 0 Å². The number of nitrogens with zero attached hydrogens (tertiary/aromatic N) is 1. The number of rotatable bonds is 8. The predicted molar refractivity (Wildman–Crippen MR) is 123 cm³/mol. The lowest BCUT2D eigenvalue weighted by Crippen LogP contribution is -2.31. The van der Waals surface area contributed by atoms with Gasteiger partial charge in [-0.2, -0.15) is 0 Å². The Bertz CT molecular complexity index is 1140. The Kier molecular flexibility index (Phi) is 6.42. The van der Waals surface area contributed by atoms with Crippen LogP contribution in [0.2, 0.25) is 0 Å². The molecule has 0 aromatic heterocycles. The van der Waals surface area contributed by atoms with Crippen LogP contribution in [0.25, 0.3) is 0 Å². The maximum absolute atomic E-state index is 13.4. The van der Waals surface area contributed by atoms with Crippen LogP contribution in [-0.4, -0.2) is 44.4 Å². The van der Waals surface area contributed by atoms with E-state index in [1.54, 1.807) is 30.2 Å². The first-order valence-electron chi connectivity index (χ1n) is 10.5. The molecule has 172 valence electrons. The Morgan fingerprint density at radius 3 is 2.18 bits per heavy atom. The van der Waals surface area contributed by atoms with E-state index >= 15 is 0 Å². The number of amides is 1. The number of methoxy groups -OCH3 is 4. The Morgan fingerprint density at radius 1 is 0.848 bits per heavy atom. The first kappa shape index (κ1) is 22.5. The van der Waals surface area contributed by atoms with E-state index in [2.05, 4.69) is 0 Å². The molecular formula is C26H27NO6. The predicted octanol–water partition coefficient (Wildman–Crippen LogP) is 4.15. The summed E-state index contributed by atoms with van der Waals surface area (Å²) in [5, 5.41) is 11.6. The lowest BCUT2D eigenvalue weighted by atomic mass is 9.94. The van der Waals surface area contributed by atoms with Gasteiger partial charge in [0, 0.05) is 17.7 Å². The van der Waals surface area contributed by atoms with Gasteiger partial charge in [0.1, 0.15) is 11.9 Å². The van der Waals surface area contributed by atoms with Gasteiger partial charge in [0.25, 0.3) is 5.91 Å². The molecule has 0 bridgehead atoms. The van der Waals surface area contributed by atoms with Crippen molar-refractivity contribution in [3.63, 3.8) is 0 Å². The van der Waals surface area contributed by atoms with Crippen molar-refractivity contribution < 1.29 is 28.8 Å². The van der Waals surface area contributed by atoms with E-state index in [-0.39, 0.29) is 5.91 Å². The quantitative estimate of drug-likeness (QED) is 0.557. The highest BCUT2D eigenvalue weighted by atomic mass is 16.5. The molecule has 1 heterocycles. The summed E-state index contributed by atoms with van der Waals surface area (Å²) in [5.74, 6) is 1.84. The fourth-order valence-corrected chi connectivity index (χ4v) is 4.36. The normalized spacial score (nSPS) is 15.7. The summed E-state index contributed by atoms with van der Waals surface area (Å²) >= 11 is 0. The Hall–Kier alpha value is -3.71. The first-order chi connectivity index (χ1) is 16.0. The number of aliphatic hydroxyl groups is 1. The molecule has 3 aromatic rings. The number of fused-ring (bicyclic) bond motifs is 1. The maximum Gasteiger partial charge on any atom is 0.255 e. The van der Waals surface area contributed by atoms with Crippen LogP contribution in [0, 0.1) is 0 Å². The Morgan fingerprint density at radius 2 is 1.55 bits per heavy atom. The number of hydrogen-bond donors (Lipinski definition) is 1. The van der Waals surface area contributed by atoms with Gasteiger partial charge in [0.2, 0.25) is 5.75 Å². The van der Waals surface area contributed by atoms with Gasteiger partial charge < -0.3 is 29.0 Å². The summed E-state index contributed by atoms with van der Waals surface area (Å²) in [6, 6.07) is 17.7. The van der Waals surface area contributed by atoms with E-state index in [0.29, 0.717) is 34.9 Å². The molecule has 1 N–H and O–H groups in total. The van der Waals surface area contributed by atoms with E-state index in [1.807, 2.05) is 42.5 Å². The average Bonchev–Trinajstić information content (AvgIpc) is 3.14. The molecule has 0 radical (unpaired) electrons. The number of carbonyl (C=O) groups is 1. The van der Waals surface area contributed by atoms with Gasteiger partial charge in [-0.05, 0) is 41.5 Å². The molecule has 1 amide bonds. The summed E-state index contributed by atoms with van der Waals surface area (Å²) in [6.07, 6.45) is -1.06. The molecular weight excluding hydrogens is 422 g/mol. The molecule has 3 aromatic carbocycles. The second-order valence-corrected chi connectivity index (χ2v) is 7.68. The smallest absolute Gasteiger partial charge is 0.255 e. The van der Waals surface area contributed by atoms with E-state index in [1.165, 1.54) is 21.3 Å². The van der Waals surface area contributed by atoms with Gasteiger partial charge in [-0.1, -0.05) is 30.3 Å². The van der Waals surface area contributed by atoms with Crippen molar-refractivity contribution in [3.8, 4) is 23.0 Å². The molecule has 0 unspecified atom stereocenters. The molecule has 0 aliphatic carbocycles. The van der Waals surface area contributed by atoms with Gasteiger partial charge in [0.05, 0.1) is 34.5 Å². The highest BCUT2D eigenvalue weighted by Gasteiger charge is 2.42. The molecule has 1 aliphatic heterocycles. The monoisotopic (exact) mass is 449 g/mol. The van der Waals surface area contributed by atoms with Gasteiger partial charge in [-0.15, -0.1) is 0 Å². The van der Waals surface area contributed by atoms with E-state index < -0.39 is 12.1 Å². The minimum Gasteiger partial charge on any atom is -0.497 e. The van der Waals surface area contributed by atoms with Crippen molar-refractivity contribution in [2.45, 2.75) is 18.7 Å². The third-order valence-corrected chi connectivity index (χ3v) is 5.97. The van der Waals surface area contributed by atoms with Gasteiger partial charge in [-0.25, -0.2) is 0 Å². The molecule has 0 fully saturated rings. The highest BCUT2D eigenvalue weighted by molar-refractivity contribution is 5.99. The summed E-state index contributed by atoms with van der Waals surface area (Å²) in [7, 11) is 6.17. The maximum atomic E-state index is 13.4. The van der Waals surface area contributed by atoms with Crippen LogP contribution in [0.15, 0.2) is 60.7 Å². The van der Waals surface area contributed by atoms with Crippen LogP contribution < -0.4 is 18.9 Å². The SMILES string of the molecule is COc1ccc(CN2C(=O)c3ccccc3[C@@H]2[C@H](O)c2ccc(OC)c(OC)c2OC)cc1. The van der Waals surface area contributed by atoms with Crippen LogP contribution >= 0.6 is 0 Å². The zero-order chi connectivity index (χ0) is 23.5. The molecule has 1 aliphatic rings. The molecule has 33 heavy (non-hydrogen) atoms. The summed E-state index contributed by atoms with van der Waals surface area (Å²) in [5.41, 5.74) is 2.77. The van der Waals surface area contributed by atoms with Crippen molar-refractivity contribution in [1.82, 2.24) is 4.90 Å². The van der Waals surface area contributed by atoms with Crippen LogP contribution in [0.5, 0.6) is 23.0 Å². The van der Waals surface area contributed by atoms with E-state index in [4.69, 9.17) is 18.9 Å². The summed E-state index contributed by atoms with van der Waals surface area (Å²) in [4.78, 5) is 15.1. The first-order valence-corrected chi connectivity index (χ1v) is 10.5. The van der Waals surface area contributed by atoms with Gasteiger partial charge in [0.15, 0.2) is 11.5 Å². The zero-order valence-electron chi connectivity index (χ0n) is 19.1. The minimum atomic E-state index is -1.06. The number of aliphatic hydroxyl groups excluding tert-OH is 1. The number of hydrogen-bond acceptors (Lipinski definition) is 6. The fourth-order valence-electron chi connectivity index (χ4n) is 4.36. The molecule has 0 saturated carbocycles. The van der Waals surface area contributed by atoms with Crippen LogP contribution in [0.4, 0.5) is 0 Å². The van der Waals surface area contributed by atoms with Gasteiger partial charge >= 0.3 is 0 Å². The van der Waals surface area contributed by atoms with Crippen LogP contribution in [0.1, 0.15) is 39.2 Å². The standard InChI is InChI=1S/C26H27NO6/c1-30-17-11-9-16(10-12-17)15-27-22(18-7-5-6-8-19(18)26(27)29)23(28)20-13-14-21(31-2)25(33-4)24(20)32-3/h5-14,22-23,28H,15H2,1-4H3/t22-,23-/m1/s1. The Balaban J connectivity index is 1.77. The third-order valence-electron chi connectivity index (χ3n) is 5.97. The van der Waals surface area contributed by atoms with E-state index in [9.17, 15) is 9.90 Å². The zero-order valence-corrected chi connectivity index (χ0v) is 19.1. The second-order valence-electron chi connectivity index (χ2n) is 7.68. The van der Waals surface area contributed by atoms with Crippen molar-refractivity contribution in [1.29, 1.82) is 0 Å². The largest absolute Gasteiger partial charge is 0.497 e. The third kappa shape index (κ3) is 3.96. The summed E-state index contributed by atoms with van der Waals surface area (Å²) < 4.78 is 21.7. The molecule has 7 nitrogen and oxygen atoms in total. The molecule has 7 heteroatoms. The molecule has 2 atom stereocenters. The van der Waals surface area contributed by atoms with Crippen molar-refractivity contribution in [2.75, 3.05) is 28.4 Å². The average molecular weight is 450 g/mol. The molecule has 0 spiro atoms. The number of benzene rings is 3. The van der Waals surface area contributed by atoms with Crippen LogP contribution in [-0.2, 0) is 6.54 Å². The number of carbonyl (C=O) groups excluding carboxylic acids is 1. The van der Waals surface area contributed by atoms with E-state index in [0.717, 1.165) is 16.9 Å². The highest BCUT2D eigenvalue weighted by Crippen LogP contribution is 2.48. The minimum absolute atomic E-state index is 0.134. The van der Waals surface area contributed by atoms with Crippen molar-refractivity contribution >= 4 is 5.91 Å².